The molecular formula is C18H16Cl3N3O. The zero-order valence-electron chi connectivity index (χ0n) is 13.5. The Morgan fingerprint density at radius 2 is 1.72 bits per heavy atom. The van der Waals surface area contributed by atoms with Gasteiger partial charge in [-0.05, 0) is 30.3 Å². The van der Waals surface area contributed by atoms with Crippen LogP contribution in [0.15, 0.2) is 42.5 Å². The molecule has 0 aliphatic rings. The highest BCUT2D eigenvalue weighted by Crippen LogP contribution is 2.33. The molecule has 4 nitrogen and oxygen atoms in total. The van der Waals surface area contributed by atoms with Gasteiger partial charge < -0.3 is 10.5 Å². The largest absolute Gasteiger partial charge is 0.380 e. The molecule has 0 saturated heterocycles. The van der Waals surface area contributed by atoms with E-state index < -0.39 is 0 Å². The Morgan fingerprint density at radius 3 is 2.32 bits per heavy atom. The molecule has 0 amide bonds. The van der Waals surface area contributed by atoms with Crippen molar-refractivity contribution in [2.24, 2.45) is 5.73 Å². The first-order valence-electron chi connectivity index (χ1n) is 7.56. The van der Waals surface area contributed by atoms with E-state index in [0.29, 0.717) is 27.4 Å². The molecule has 0 spiro atoms. The van der Waals surface area contributed by atoms with E-state index in [0.717, 1.165) is 22.5 Å². The molecule has 130 valence electrons. The van der Waals surface area contributed by atoms with Crippen LogP contribution in [0.1, 0.15) is 11.3 Å². The summed E-state index contributed by atoms with van der Waals surface area (Å²) in [6, 6.07) is 12.8. The fraction of sp³-hybridized carbons (Fsp3) is 0.167. The van der Waals surface area contributed by atoms with Crippen LogP contribution in [0, 0.1) is 0 Å². The minimum atomic E-state index is 0.289. The highest BCUT2D eigenvalue weighted by Gasteiger charge is 2.21. The van der Waals surface area contributed by atoms with Gasteiger partial charge in [0.15, 0.2) is 0 Å². The van der Waals surface area contributed by atoms with Gasteiger partial charge in [0.05, 0.1) is 28.7 Å². The summed E-state index contributed by atoms with van der Waals surface area (Å²) >= 11 is 18.5. The van der Waals surface area contributed by atoms with Crippen molar-refractivity contribution >= 4 is 34.8 Å². The number of aromatic nitrogens is 2. The normalized spacial score (nSPS) is 11.1. The van der Waals surface area contributed by atoms with Gasteiger partial charge in [-0.25, -0.2) is 4.68 Å². The van der Waals surface area contributed by atoms with Crippen LogP contribution in [-0.2, 0) is 17.9 Å². The minimum Gasteiger partial charge on any atom is -0.380 e. The molecule has 0 unspecified atom stereocenters. The molecule has 1 heterocycles. The van der Waals surface area contributed by atoms with Crippen molar-refractivity contribution in [3.63, 3.8) is 0 Å². The average Bonchev–Trinajstić information content (AvgIpc) is 2.94. The Kier molecular flexibility index (Phi) is 5.67. The summed E-state index contributed by atoms with van der Waals surface area (Å²) in [5, 5.41) is 6.38. The van der Waals surface area contributed by atoms with E-state index >= 15 is 0 Å². The van der Waals surface area contributed by atoms with Crippen LogP contribution >= 0.6 is 34.8 Å². The third-order valence-electron chi connectivity index (χ3n) is 3.80. The highest BCUT2D eigenvalue weighted by atomic mass is 35.5. The fourth-order valence-electron chi connectivity index (χ4n) is 2.69. The van der Waals surface area contributed by atoms with Crippen LogP contribution in [0.2, 0.25) is 15.1 Å². The maximum absolute atomic E-state index is 6.40. The Labute approximate surface area is 161 Å². The lowest BCUT2D eigenvalue weighted by Crippen LogP contribution is -2.02. The van der Waals surface area contributed by atoms with Crippen molar-refractivity contribution in [3.05, 3.63) is 68.8 Å². The Bertz CT molecular complexity index is 891. The summed E-state index contributed by atoms with van der Waals surface area (Å²) in [6.07, 6.45) is 0. The number of hydrogen-bond donors (Lipinski definition) is 1. The average molecular weight is 397 g/mol. The summed E-state index contributed by atoms with van der Waals surface area (Å²) in [5.41, 5.74) is 10.1. The number of ether oxygens (including phenoxy) is 1. The number of benzene rings is 2. The standard InChI is InChI=1S/C18H16Cl3N3O/c1-25-10-14-16(9-22)23-24(17-7-6-13(20)8-15(17)21)18(14)11-2-4-12(19)5-3-11/h2-8H,9-10,22H2,1H3. The lowest BCUT2D eigenvalue weighted by Gasteiger charge is -2.12. The van der Waals surface area contributed by atoms with E-state index in [1.807, 2.05) is 30.3 Å². The first kappa shape index (κ1) is 18.2. The molecule has 25 heavy (non-hydrogen) atoms. The predicted octanol–water partition coefficient (Wildman–Crippen LogP) is 5.10. The number of hydrogen-bond acceptors (Lipinski definition) is 3. The van der Waals surface area contributed by atoms with Gasteiger partial charge >= 0.3 is 0 Å². The maximum atomic E-state index is 6.40. The second-order valence-corrected chi connectivity index (χ2v) is 6.71. The number of methoxy groups -OCH3 is 1. The third kappa shape index (κ3) is 3.68. The van der Waals surface area contributed by atoms with Crippen molar-refractivity contribution in [2.75, 3.05) is 7.11 Å². The topological polar surface area (TPSA) is 53.1 Å². The summed E-state index contributed by atoms with van der Waals surface area (Å²) < 4.78 is 7.14. The van der Waals surface area contributed by atoms with Gasteiger partial charge in [0.1, 0.15) is 0 Å². The van der Waals surface area contributed by atoms with Gasteiger partial charge in [0.25, 0.3) is 0 Å². The van der Waals surface area contributed by atoms with Crippen LogP contribution in [0.4, 0.5) is 0 Å². The molecule has 3 aromatic rings. The summed E-state index contributed by atoms with van der Waals surface area (Å²) in [7, 11) is 1.64. The van der Waals surface area contributed by atoms with Gasteiger partial charge in [-0.15, -0.1) is 0 Å². The van der Waals surface area contributed by atoms with Crippen LogP contribution in [0.3, 0.4) is 0 Å². The van der Waals surface area contributed by atoms with Crippen molar-refractivity contribution in [1.82, 2.24) is 9.78 Å². The molecule has 0 fully saturated rings. The van der Waals surface area contributed by atoms with E-state index in [1.54, 1.807) is 23.9 Å². The molecule has 3 rings (SSSR count). The van der Waals surface area contributed by atoms with E-state index in [-0.39, 0.29) is 6.54 Å². The first-order valence-corrected chi connectivity index (χ1v) is 8.69. The Balaban J connectivity index is 2.28. The van der Waals surface area contributed by atoms with Crippen molar-refractivity contribution < 1.29 is 4.74 Å². The summed E-state index contributed by atoms with van der Waals surface area (Å²) in [4.78, 5) is 0. The molecule has 0 bridgehead atoms. The maximum Gasteiger partial charge on any atom is 0.0840 e. The van der Waals surface area contributed by atoms with Crippen LogP contribution in [0.25, 0.3) is 16.9 Å². The molecular weight excluding hydrogens is 381 g/mol. The van der Waals surface area contributed by atoms with E-state index in [1.165, 1.54) is 0 Å². The number of halogens is 3. The van der Waals surface area contributed by atoms with Gasteiger partial charge in [-0.2, -0.15) is 5.10 Å². The Morgan fingerprint density at radius 1 is 1.04 bits per heavy atom. The quantitative estimate of drug-likeness (QED) is 0.652. The molecule has 1 aromatic heterocycles. The minimum absolute atomic E-state index is 0.289. The van der Waals surface area contributed by atoms with Crippen molar-refractivity contribution in [2.45, 2.75) is 13.2 Å². The van der Waals surface area contributed by atoms with Crippen LogP contribution in [-0.4, -0.2) is 16.9 Å². The first-order chi connectivity index (χ1) is 12.0. The molecule has 2 aromatic carbocycles. The summed E-state index contributed by atoms with van der Waals surface area (Å²) in [6.45, 7) is 0.674. The van der Waals surface area contributed by atoms with Crippen molar-refractivity contribution in [1.29, 1.82) is 0 Å². The van der Waals surface area contributed by atoms with E-state index in [4.69, 9.17) is 45.3 Å². The molecule has 0 aliphatic carbocycles. The molecule has 7 heteroatoms. The van der Waals surface area contributed by atoms with Gasteiger partial charge in [-0.1, -0.05) is 46.9 Å². The zero-order valence-corrected chi connectivity index (χ0v) is 15.7. The van der Waals surface area contributed by atoms with Crippen molar-refractivity contribution in [3.8, 4) is 16.9 Å². The highest BCUT2D eigenvalue weighted by molar-refractivity contribution is 6.35. The smallest absolute Gasteiger partial charge is 0.0840 e. The number of rotatable bonds is 5. The summed E-state index contributed by atoms with van der Waals surface area (Å²) in [5.74, 6) is 0. The van der Waals surface area contributed by atoms with E-state index in [9.17, 15) is 0 Å². The van der Waals surface area contributed by atoms with Gasteiger partial charge in [-0.3, -0.25) is 0 Å². The molecule has 2 N–H and O–H groups in total. The number of nitrogens with zero attached hydrogens (tertiary/aromatic N) is 2. The van der Waals surface area contributed by atoms with Crippen LogP contribution < -0.4 is 5.73 Å². The lowest BCUT2D eigenvalue weighted by atomic mass is 10.1. The number of nitrogens with two attached hydrogens (primary N) is 1. The monoisotopic (exact) mass is 395 g/mol. The SMILES string of the molecule is COCc1c(CN)nn(-c2ccc(Cl)cc2Cl)c1-c1ccc(Cl)cc1. The third-order valence-corrected chi connectivity index (χ3v) is 4.59. The molecule has 0 radical (unpaired) electrons. The lowest BCUT2D eigenvalue weighted by molar-refractivity contribution is 0.184. The van der Waals surface area contributed by atoms with Crippen LogP contribution in [0.5, 0.6) is 0 Å². The molecule has 0 saturated carbocycles. The fourth-order valence-corrected chi connectivity index (χ4v) is 3.30. The Hall–Kier alpha value is -1.56. The zero-order chi connectivity index (χ0) is 18.0. The van der Waals surface area contributed by atoms with E-state index in [2.05, 4.69) is 5.10 Å². The molecule has 0 atom stereocenters. The second-order valence-electron chi connectivity index (χ2n) is 5.43. The second kappa shape index (κ2) is 7.77. The van der Waals surface area contributed by atoms with Gasteiger partial charge in [0.2, 0.25) is 0 Å². The predicted molar refractivity (Wildman–Crippen MR) is 103 cm³/mol. The molecule has 0 aliphatic heterocycles. The van der Waals surface area contributed by atoms with Gasteiger partial charge in [0, 0.05) is 34.8 Å².